The molecule has 1 aliphatic heterocycles. The van der Waals surface area contributed by atoms with Crippen molar-refractivity contribution in [2.75, 3.05) is 42.9 Å². The van der Waals surface area contributed by atoms with Gasteiger partial charge in [0, 0.05) is 37.9 Å². The Morgan fingerprint density at radius 3 is 2.67 bits per heavy atom. The summed E-state index contributed by atoms with van der Waals surface area (Å²) < 4.78 is 14.8. The molecule has 140 valence electrons. The summed E-state index contributed by atoms with van der Waals surface area (Å²) in [7, 11) is 0. The van der Waals surface area contributed by atoms with Gasteiger partial charge in [0.05, 0.1) is 6.54 Å². The number of rotatable bonds is 4. The van der Waals surface area contributed by atoms with Crippen LogP contribution in [0, 0.1) is 12.7 Å². The fourth-order valence-corrected chi connectivity index (χ4v) is 3.19. The van der Waals surface area contributed by atoms with Gasteiger partial charge in [-0.25, -0.2) is 9.37 Å². The molecule has 1 aromatic carbocycles. The maximum atomic E-state index is 12.9. The van der Waals surface area contributed by atoms with E-state index in [-0.39, 0.29) is 11.7 Å². The van der Waals surface area contributed by atoms with Gasteiger partial charge < -0.3 is 10.2 Å². The lowest BCUT2D eigenvalue weighted by atomic mass is 10.3. The van der Waals surface area contributed by atoms with E-state index < -0.39 is 0 Å². The topological polar surface area (TPSA) is 78.7 Å². The number of fused-ring (bicyclic) bond motifs is 1. The lowest BCUT2D eigenvalue weighted by molar-refractivity contribution is -0.117. The number of aromatic nitrogens is 4. The molecule has 4 rings (SSSR count). The molecule has 1 N–H and O–H groups in total. The van der Waals surface area contributed by atoms with E-state index in [1.807, 2.05) is 17.4 Å². The fourth-order valence-electron chi connectivity index (χ4n) is 3.19. The molecule has 0 bridgehead atoms. The third kappa shape index (κ3) is 3.87. The molecule has 0 radical (unpaired) electrons. The van der Waals surface area contributed by atoms with Gasteiger partial charge in [-0.15, -0.1) is 10.2 Å². The fraction of sp³-hybridized carbons (Fsp3) is 0.333. The van der Waals surface area contributed by atoms with Crippen molar-refractivity contribution in [2.24, 2.45) is 0 Å². The highest BCUT2D eigenvalue weighted by molar-refractivity contribution is 5.92. The predicted octanol–water partition coefficient (Wildman–Crippen LogP) is 1.33. The molecule has 2 aromatic heterocycles. The second kappa shape index (κ2) is 7.28. The highest BCUT2D eigenvalue weighted by Gasteiger charge is 2.21. The van der Waals surface area contributed by atoms with Gasteiger partial charge in [-0.1, -0.05) is 0 Å². The van der Waals surface area contributed by atoms with Crippen LogP contribution in [0.25, 0.3) is 5.65 Å². The number of anilines is 2. The van der Waals surface area contributed by atoms with E-state index in [2.05, 4.69) is 30.3 Å². The largest absolute Gasteiger partial charge is 0.354 e. The molecular weight excluding hydrogens is 349 g/mol. The van der Waals surface area contributed by atoms with Crippen molar-refractivity contribution < 1.29 is 9.18 Å². The zero-order valence-corrected chi connectivity index (χ0v) is 15.0. The third-order valence-electron chi connectivity index (χ3n) is 4.65. The smallest absolute Gasteiger partial charge is 0.238 e. The summed E-state index contributed by atoms with van der Waals surface area (Å²) in [5.41, 5.74) is 1.37. The van der Waals surface area contributed by atoms with Crippen molar-refractivity contribution in [1.82, 2.24) is 24.5 Å². The molecule has 1 fully saturated rings. The predicted molar refractivity (Wildman–Crippen MR) is 99.2 cm³/mol. The molecule has 27 heavy (non-hydrogen) atoms. The zero-order chi connectivity index (χ0) is 18.8. The van der Waals surface area contributed by atoms with Crippen LogP contribution >= 0.6 is 0 Å². The Bertz CT molecular complexity index is 948. The molecule has 8 nitrogen and oxygen atoms in total. The Hall–Kier alpha value is -3.07. The number of halogens is 1. The van der Waals surface area contributed by atoms with Gasteiger partial charge in [-0.3, -0.25) is 14.1 Å². The van der Waals surface area contributed by atoms with Gasteiger partial charge in [-0.05, 0) is 31.2 Å². The van der Waals surface area contributed by atoms with E-state index in [9.17, 15) is 9.18 Å². The molecule has 1 saturated heterocycles. The van der Waals surface area contributed by atoms with E-state index in [1.165, 1.54) is 12.1 Å². The maximum absolute atomic E-state index is 12.9. The van der Waals surface area contributed by atoms with Crippen LogP contribution in [0.4, 0.5) is 15.9 Å². The first-order valence-electron chi connectivity index (χ1n) is 8.78. The summed E-state index contributed by atoms with van der Waals surface area (Å²) in [6, 6.07) is 7.70. The van der Waals surface area contributed by atoms with Gasteiger partial charge in [0.2, 0.25) is 5.91 Å². The molecule has 1 aliphatic rings. The normalized spacial score (nSPS) is 15.3. The Morgan fingerprint density at radius 1 is 1.19 bits per heavy atom. The zero-order valence-electron chi connectivity index (χ0n) is 15.0. The van der Waals surface area contributed by atoms with E-state index >= 15 is 0 Å². The molecule has 0 unspecified atom stereocenters. The van der Waals surface area contributed by atoms with Gasteiger partial charge in [0.15, 0.2) is 5.65 Å². The minimum Gasteiger partial charge on any atom is -0.354 e. The number of nitrogens with zero attached hydrogens (tertiary/aromatic N) is 6. The summed E-state index contributed by atoms with van der Waals surface area (Å²) in [6.45, 7) is 5.31. The van der Waals surface area contributed by atoms with Crippen LogP contribution < -0.4 is 10.2 Å². The Balaban J connectivity index is 1.33. The minimum atomic E-state index is -0.322. The number of carbonyl (C=O) groups excluding carboxylic acids is 1. The number of carbonyl (C=O) groups is 1. The van der Waals surface area contributed by atoms with Crippen molar-refractivity contribution >= 4 is 23.1 Å². The van der Waals surface area contributed by atoms with Crippen LogP contribution in [0.2, 0.25) is 0 Å². The third-order valence-corrected chi connectivity index (χ3v) is 4.65. The summed E-state index contributed by atoms with van der Waals surface area (Å²) in [6.07, 6.45) is 1.65. The van der Waals surface area contributed by atoms with Crippen LogP contribution in [-0.2, 0) is 4.79 Å². The summed E-state index contributed by atoms with van der Waals surface area (Å²) in [4.78, 5) is 21.1. The van der Waals surface area contributed by atoms with Crippen molar-refractivity contribution in [3.05, 3.63) is 48.3 Å². The van der Waals surface area contributed by atoms with Gasteiger partial charge in [-0.2, -0.15) is 0 Å². The minimum absolute atomic E-state index is 0.103. The number of amides is 1. The summed E-state index contributed by atoms with van der Waals surface area (Å²) in [5, 5.41) is 10.8. The number of benzene rings is 1. The van der Waals surface area contributed by atoms with E-state index in [4.69, 9.17) is 0 Å². The van der Waals surface area contributed by atoms with E-state index in [1.54, 1.807) is 18.5 Å². The van der Waals surface area contributed by atoms with E-state index in [0.29, 0.717) is 12.2 Å². The lowest BCUT2D eigenvalue weighted by Gasteiger charge is -2.35. The molecule has 0 spiro atoms. The number of piperazine rings is 1. The first kappa shape index (κ1) is 17.3. The van der Waals surface area contributed by atoms with Gasteiger partial charge in [0.25, 0.3) is 0 Å². The Labute approximate surface area is 155 Å². The second-order valence-electron chi connectivity index (χ2n) is 6.54. The van der Waals surface area contributed by atoms with Crippen LogP contribution in [0.15, 0.2) is 36.7 Å². The molecule has 1 amide bonds. The summed E-state index contributed by atoms with van der Waals surface area (Å²) >= 11 is 0. The quantitative estimate of drug-likeness (QED) is 0.748. The van der Waals surface area contributed by atoms with Crippen molar-refractivity contribution in [2.45, 2.75) is 6.92 Å². The highest BCUT2D eigenvalue weighted by atomic mass is 19.1. The molecule has 3 aromatic rings. The van der Waals surface area contributed by atoms with E-state index in [0.717, 1.165) is 43.5 Å². The first-order valence-corrected chi connectivity index (χ1v) is 8.78. The van der Waals surface area contributed by atoms with Crippen molar-refractivity contribution in [3.8, 4) is 0 Å². The number of nitrogens with one attached hydrogen (secondary N) is 1. The van der Waals surface area contributed by atoms with Crippen LogP contribution in [0.1, 0.15) is 5.82 Å². The molecule has 0 atom stereocenters. The Kier molecular flexibility index (Phi) is 4.68. The second-order valence-corrected chi connectivity index (χ2v) is 6.54. The number of hydrogen-bond acceptors (Lipinski definition) is 6. The monoisotopic (exact) mass is 369 g/mol. The molecule has 0 aliphatic carbocycles. The molecular formula is C18H20FN7O. The van der Waals surface area contributed by atoms with Crippen molar-refractivity contribution in [1.29, 1.82) is 0 Å². The maximum Gasteiger partial charge on any atom is 0.238 e. The molecule has 3 heterocycles. The summed E-state index contributed by atoms with van der Waals surface area (Å²) in [5.74, 6) is 1.29. The van der Waals surface area contributed by atoms with Gasteiger partial charge >= 0.3 is 0 Å². The molecule has 0 saturated carbocycles. The SMILES string of the molecule is Cc1nc(N2CCN(CC(=O)Nc3ccc(F)cc3)CC2)cc2nncn12. The van der Waals surface area contributed by atoms with Crippen LogP contribution in [0.3, 0.4) is 0 Å². The first-order chi connectivity index (χ1) is 13.1. The molecule has 9 heteroatoms. The average Bonchev–Trinajstić information content (AvgIpc) is 3.13. The Morgan fingerprint density at radius 2 is 1.93 bits per heavy atom. The van der Waals surface area contributed by atoms with Crippen molar-refractivity contribution in [3.63, 3.8) is 0 Å². The highest BCUT2D eigenvalue weighted by Crippen LogP contribution is 2.17. The lowest BCUT2D eigenvalue weighted by Crippen LogP contribution is -2.49. The standard InChI is InChI=1S/C18H20FN7O/c1-13-21-16(10-17-23-20-12-26(13)17)25-8-6-24(7-9-25)11-18(27)22-15-4-2-14(19)3-5-15/h2-5,10,12H,6-9,11H2,1H3,(H,22,27). The van der Waals surface area contributed by atoms with Gasteiger partial charge in [0.1, 0.15) is 23.8 Å². The number of hydrogen-bond donors (Lipinski definition) is 1. The number of aryl methyl sites for hydroxylation is 1. The van der Waals surface area contributed by atoms with Crippen LogP contribution in [-0.4, -0.2) is 63.1 Å². The van der Waals surface area contributed by atoms with Crippen LogP contribution in [0.5, 0.6) is 0 Å². The average molecular weight is 369 g/mol.